The molecule has 3 aromatic rings. The van der Waals surface area contributed by atoms with Crippen molar-refractivity contribution in [2.75, 3.05) is 59.0 Å². The van der Waals surface area contributed by atoms with Crippen LogP contribution in [0.4, 0.5) is 0 Å². The van der Waals surface area contributed by atoms with Gasteiger partial charge < -0.3 is 61.2 Å². The number of aliphatic hydroxyl groups excluding tert-OH is 1. The highest BCUT2D eigenvalue weighted by Crippen LogP contribution is 2.29. The molecule has 706 valence electrons. The molecule has 0 aliphatic heterocycles. The first-order valence-corrected chi connectivity index (χ1v) is 48.4. The number of aliphatic hydroxyl groups is 1. The number of quaternary nitrogens is 7. The van der Waals surface area contributed by atoms with E-state index in [1.54, 1.807) is 0 Å². The zero-order valence-corrected chi connectivity index (χ0v) is 86.8. The number of para-hydroxylation sites is 2. The quantitative estimate of drug-likeness (QED) is 0.0196. The molecule has 1 heterocycles. The number of hydrogen-bond acceptors (Lipinski definition) is 5. The molecule has 1 aromatic heterocycles. The van der Waals surface area contributed by atoms with Crippen LogP contribution in [0.2, 0.25) is 0 Å². The number of pyridine rings is 1. The van der Waals surface area contributed by atoms with Crippen molar-refractivity contribution in [3.63, 3.8) is 0 Å². The van der Waals surface area contributed by atoms with Gasteiger partial charge in [-0.05, 0) is 183 Å². The van der Waals surface area contributed by atoms with E-state index in [1.165, 1.54) is 122 Å². The van der Waals surface area contributed by atoms with Crippen molar-refractivity contribution in [2.24, 2.45) is 55.2 Å². The average Bonchev–Trinajstić information content (AvgIpc) is 0.770. The van der Waals surface area contributed by atoms with E-state index in [0.29, 0.717) is 51.1 Å². The van der Waals surface area contributed by atoms with Crippen molar-refractivity contribution in [1.82, 2.24) is 20.9 Å². The van der Waals surface area contributed by atoms with Crippen molar-refractivity contribution in [2.45, 2.75) is 453 Å². The normalized spacial score (nSPS) is 11.9. The van der Waals surface area contributed by atoms with E-state index in [-0.39, 0.29) is 35.2 Å². The van der Waals surface area contributed by atoms with Gasteiger partial charge in [0.2, 0.25) is 0 Å². The van der Waals surface area contributed by atoms with Crippen LogP contribution in [0.25, 0.3) is 21.8 Å². The minimum Gasteiger partial charge on any atom is -0.396 e. The summed E-state index contributed by atoms with van der Waals surface area (Å²) in [5.74, 6) is 1.96. The second kappa shape index (κ2) is 81.5. The highest BCUT2D eigenvalue weighted by molar-refractivity contribution is 6.16. The molecule has 25 N–H and O–H groups in total. The molecular formula is C103H222N11O4+7. The van der Waals surface area contributed by atoms with E-state index in [4.69, 9.17) is 5.11 Å². The number of carbonyl (C=O) groups excluding carboxylic acids is 3. The van der Waals surface area contributed by atoms with E-state index in [0.717, 1.165) is 162 Å². The Morgan fingerprint density at radius 1 is 0.339 bits per heavy atom. The van der Waals surface area contributed by atoms with Crippen LogP contribution in [0, 0.1) is 55.2 Å². The smallest absolute Gasteiger partial charge is 0.278 e. The first kappa shape index (κ1) is 132. The van der Waals surface area contributed by atoms with E-state index in [9.17, 15) is 14.4 Å². The maximum absolute atomic E-state index is 12.9. The lowest BCUT2D eigenvalue weighted by atomic mass is 9.89. The Labute approximate surface area is 737 Å². The van der Waals surface area contributed by atoms with E-state index < -0.39 is 0 Å². The number of nitrogens with one attached hydrogen (secondary N) is 3. The number of nitrogens with zero attached hydrogens (tertiary/aromatic N) is 1. The molecule has 2 atom stereocenters. The van der Waals surface area contributed by atoms with Crippen LogP contribution in [-0.2, 0) is 9.59 Å². The van der Waals surface area contributed by atoms with Crippen molar-refractivity contribution < 1.29 is 59.6 Å². The van der Waals surface area contributed by atoms with E-state index in [2.05, 4.69) is 276 Å². The molecule has 0 spiro atoms. The predicted molar refractivity (Wildman–Crippen MR) is 525 cm³/mol. The molecule has 0 saturated heterocycles. The zero-order chi connectivity index (χ0) is 93.7. The third-order valence-corrected chi connectivity index (χ3v) is 18.9. The Hall–Kier alpha value is -3.80. The number of rotatable bonds is 38. The molecule has 15 nitrogen and oxygen atoms in total. The Balaban J connectivity index is -0.000000166. The summed E-state index contributed by atoms with van der Waals surface area (Å²) in [4.78, 5) is 40.9. The molecule has 2 aromatic carbocycles. The van der Waals surface area contributed by atoms with Crippen LogP contribution in [0.1, 0.15) is 452 Å². The van der Waals surface area contributed by atoms with Crippen LogP contribution in [0.5, 0.6) is 0 Å². The highest BCUT2D eigenvalue weighted by atomic mass is 16.3. The lowest BCUT2D eigenvalue weighted by molar-refractivity contribution is -0.406. The molecule has 118 heavy (non-hydrogen) atoms. The van der Waals surface area contributed by atoms with Gasteiger partial charge in [0.1, 0.15) is 0 Å². The predicted octanol–water partition coefficient (Wildman–Crippen LogP) is 21.5. The molecule has 0 radical (unpaired) electrons. The van der Waals surface area contributed by atoms with Crippen LogP contribution in [0.15, 0.2) is 48.5 Å². The number of hydrogen-bond donors (Lipinski definition) is 11. The van der Waals surface area contributed by atoms with Gasteiger partial charge in [0.15, 0.2) is 12.1 Å². The van der Waals surface area contributed by atoms with Crippen molar-refractivity contribution >= 4 is 39.5 Å². The summed E-state index contributed by atoms with van der Waals surface area (Å²) in [5, 5.41) is 19.3. The van der Waals surface area contributed by atoms with Crippen LogP contribution in [-0.4, -0.2) is 98.9 Å². The number of fused-ring (bicyclic) bond motifs is 2. The summed E-state index contributed by atoms with van der Waals surface area (Å²) in [5.41, 5.74) is 32.8. The lowest BCUT2D eigenvalue weighted by Crippen LogP contribution is -2.67. The number of carbonyl (C=O) groups is 3. The van der Waals surface area contributed by atoms with E-state index in [1.807, 2.05) is 76.2 Å². The maximum Gasteiger partial charge on any atom is 0.278 e. The second-order valence-corrected chi connectivity index (χ2v) is 42.8. The zero-order valence-electron chi connectivity index (χ0n) is 86.8. The summed E-state index contributed by atoms with van der Waals surface area (Å²) >= 11 is 0. The topological polar surface area (TPSA) is 314 Å². The Kier molecular flexibility index (Phi) is 91.4. The maximum atomic E-state index is 12.9. The third-order valence-electron chi connectivity index (χ3n) is 18.9. The standard InChI is InChI=1S/C22H26N2O.C14H31N3O.C12H27N3O.C10H23N.C9H20.C8H19N.C8H18O.C6H15N.2C5H12.2C2H6/c1-22(2,3)14-8-9-15-23-21(25)20-16-10-4-6-12-18(16)24-19-13-7-5-11-17(19)20;1-14(2,3)9-5-7-11-17-13(18)12(16)8-4-6-10-15;1-12(2,3)7-9-15-11(16)10(14)6-4-5-8-13;1-10(2,3)8-6-4-5-7-9-11;1-5-6-7-8-9(2,3)4;2*1-8(2,3)6-4-5-7-9;1-6(2,3)4-5-7;2*1-4-5(2)3;2*1-2/h4-7,10-13H,8-9,14-15H2,1-3H3,(H,23,25);12H,4-11,15-16H2,1-3H3,(H,17,18);10H,4-9,13-14H2,1-3H3,(H,15,16);4-9,11H2,1-3H3;5-8H2,1-4H3;4-7,9H2,1-3H3;9H,4-7H2,1-3H3;4-5,7H2,1-3H3;2*5H,4H2,1-3H3;2*1-2H3/p+7/t;12-;10-;;;;;;;;;/m.11........./s1. The van der Waals surface area contributed by atoms with Gasteiger partial charge in [-0.25, -0.2) is 4.98 Å². The largest absolute Gasteiger partial charge is 0.396 e. The van der Waals surface area contributed by atoms with Crippen LogP contribution < -0.4 is 56.1 Å². The van der Waals surface area contributed by atoms with Gasteiger partial charge >= 0.3 is 0 Å². The van der Waals surface area contributed by atoms with Gasteiger partial charge in [-0.1, -0.05) is 343 Å². The average molecular weight is 1680 g/mol. The van der Waals surface area contributed by atoms with Gasteiger partial charge in [0.25, 0.3) is 17.7 Å². The Morgan fingerprint density at radius 2 is 0.602 bits per heavy atom. The van der Waals surface area contributed by atoms with Crippen molar-refractivity contribution in [3.8, 4) is 0 Å². The summed E-state index contributed by atoms with van der Waals surface area (Å²) < 4.78 is 0. The molecular weight excluding hydrogens is 1460 g/mol. The number of benzene rings is 2. The number of aromatic nitrogens is 1. The molecule has 0 fully saturated rings. The minimum atomic E-state index is -0.105. The van der Waals surface area contributed by atoms with E-state index >= 15 is 0 Å². The van der Waals surface area contributed by atoms with Gasteiger partial charge in [0, 0.05) is 56.3 Å². The van der Waals surface area contributed by atoms with Gasteiger partial charge in [-0.2, -0.15) is 0 Å². The molecule has 3 rings (SSSR count). The summed E-state index contributed by atoms with van der Waals surface area (Å²) in [6, 6.07) is 15.5. The molecule has 3 amide bonds. The van der Waals surface area contributed by atoms with Gasteiger partial charge in [-0.3, -0.25) is 14.4 Å². The fourth-order valence-corrected chi connectivity index (χ4v) is 10.6. The molecule has 0 aliphatic rings. The van der Waals surface area contributed by atoms with Crippen LogP contribution >= 0.6 is 0 Å². The van der Waals surface area contributed by atoms with Crippen LogP contribution in [0.3, 0.4) is 0 Å². The third kappa shape index (κ3) is 112. The number of unbranched alkanes of at least 4 members (excludes halogenated alkanes) is 11. The summed E-state index contributed by atoms with van der Waals surface area (Å²) in [6.07, 6.45) is 37.3. The Morgan fingerprint density at radius 3 is 0.890 bits per heavy atom. The number of amides is 3. The molecule has 0 unspecified atom stereocenters. The molecule has 0 bridgehead atoms. The molecule has 0 saturated carbocycles. The lowest BCUT2D eigenvalue weighted by Gasteiger charge is -2.18. The van der Waals surface area contributed by atoms with Gasteiger partial charge in [-0.15, -0.1) is 0 Å². The minimum absolute atomic E-state index is 0.00874. The second-order valence-electron chi connectivity index (χ2n) is 42.8. The Bertz CT molecular complexity index is 2510. The van der Waals surface area contributed by atoms with Gasteiger partial charge in [0.05, 0.1) is 49.3 Å². The highest BCUT2D eigenvalue weighted by Gasteiger charge is 2.21. The molecule has 15 heteroatoms. The fraction of sp³-hybridized carbons (Fsp3) is 0.845. The summed E-state index contributed by atoms with van der Waals surface area (Å²) in [7, 11) is 0. The summed E-state index contributed by atoms with van der Waals surface area (Å²) in [6.45, 7) is 85.4. The first-order chi connectivity index (χ1) is 54.5. The van der Waals surface area contributed by atoms with Crippen molar-refractivity contribution in [3.05, 3.63) is 54.1 Å². The van der Waals surface area contributed by atoms with Crippen molar-refractivity contribution in [1.29, 1.82) is 0 Å². The molecule has 0 aliphatic carbocycles. The first-order valence-electron chi connectivity index (χ1n) is 48.4. The SMILES string of the molecule is CC.CC.CC(C)(C)CCCCCC[NH3+].CC(C)(C)CCCCNC(=O)[C@H]([NH3+])CCCC[NH3+].CC(C)(C)CCCCNC(=O)c1c2ccccc2nc2ccccc12.CC(C)(C)CCCCO.CC(C)(C)CCCC[NH3+].CC(C)(C)CCNC(=O)[C@H]([NH3+])CCCC[NH3+].CC(C)(C)CC[NH3+].CCC(C)C.CCC(C)C.CCCCCC(C)(C)C. The fourth-order valence-electron chi connectivity index (χ4n) is 10.6. The monoisotopic (exact) mass is 1680 g/mol.